The molecule has 25 heavy (non-hydrogen) atoms. The van der Waals surface area contributed by atoms with E-state index in [2.05, 4.69) is 27.2 Å². The molecule has 0 unspecified atom stereocenters. The van der Waals surface area contributed by atoms with Crippen molar-refractivity contribution in [3.63, 3.8) is 0 Å². The smallest absolute Gasteiger partial charge is 0.341 e. The highest BCUT2D eigenvalue weighted by atomic mass is 16.5. The average Bonchev–Trinajstić information content (AvgIpc) is 3.01. The lowest BCUT2D eigenvalue weighted by atomic mass is 10.0. The number of pyridine rings is 1. The molecular weight excluding hydrogens is 318 g/mol. The summed E-state index contributed by atoms with van der Waals surface area (Å²) in [4.78, 5) is 19.2. The van der Waals surface area contributed by atoms with Gasteiger partial charge in [0.05, 0.1) is 23.9 Å². The van der Waals surface area contributed by atoms with E-state index in [9.17, 15) is 4.79 Å². The second-order valence-electron chi connectivity index (χ2n) is 6.43. The van der Waals surface area contributed by atoms with E-state index in [-0.39, 0.29) is 5.97 Å². The van der Waals surface area contributed by atoms with Gasteiger partial charge in [0, 0.05) is 25.8 Å². The standard InChI is InChI=1S/C18H27N5O2/c1-4-23-9-7-6-8-13(23)10-19-16-14-12-21-22(3)17(14)20-11-15(16)18(24)25-5-2/h11-13H,4-10H2,1-3H3,(H,19,20)/t13-/m0/s1. The molecule has 0 aromatic carbocycles. The predicted molar refractivity (Wildman–Crippen MR) is 97.8 cm³/mol. The van der Waals surface area contributed by atoms with E-state index < -0.39 is 0 Å². The van der Waals surface area contributed by atoms with Crippen LogP contribution in [0.5, 0.6) is 0 Å². The van der Waals surface area contributed by atoms with E-state index in [1.54, 1.807) is 17.1 Å². The Hall–Kier alpha value is -2.15. The maximum absolute atomic E-state index is 12.3. The number of carbonyl (C=O) groups is 1. The fraction of sp³-hybridized carbons (Fsp3) is 0.611. The zero-order valence-electron chi connectivity index (χ0n) is 15.3. The minimum Gasteiger partial charge on any atom is -0.462 e. The summed E-state index contributed by atoms with van der Waals surface area (Å²) in [5.41, 5.74) is 2.01. The van der Waals surface area contributed by atoms with Crippen LogP contribution in [0, 0.1) is 0 Å². The molecule has 1 N–H and O–H groups in total. The predicted octanol–water partition coefficient (Wildman–Crippen LogP) is 2.43. The fourth-order valence-electron chi connectivity index (χ4n) is 3.58. The zero-order chi connectivity index (χ0) is 17.8. The van der Waals surface area contributed by atoms with Crippen molar-refractivity contribution in [2.75, 3.05) is 31.6 Å². The summed E-state index contributed by atoms with van der Waals surface area (Å²) < 4.78 is 6.92. The number of likely N-dealkylation sites (N-methyl/N-ethyl adjacent to an activating group) is 1. The first-order valence-corrected chi connectivity index (χ1v) is 9.11. The molecule has 136 valence electrons. The van der Waals surface area contributed by atoms with Gasteiger partial charge in [0.15, 0.2) is 5.65 Å². The van der Waals surface area contributed by atoms with E-state index in [0.717, 1.165) is 36.4 Å². The van der Waals surface area contributed by atoms with Crippen LogP contribution in [-0.4, -0.2) is 57.9 Å². The quantitative estimate of drug-likeness (QED) is 0.811. The molecular formula is C18H27N5O2. The highest BCUT2D eigenvalue weighted by Crippen LogP contribution is 2.27. The lowest BCUT2D eigenvalue weighted by molar-refractivity contribution is 0.0527. The second-order valence-corrected chi connectivity index (χ2v) is 6.43. The van der Waals surface area contributed by atoms with Gasteiger partial charge in [-0.3, -0.25) is 9.58 Å². The van der Waals surface area contributed by atoms with E-state index in [0.29, 0.717) is 18.2 Å². The fourth-order valence-corrected chi connectivity index (χ4v) is 3.58. The maximum Gasteiger partial charge on any atom is 0.341 e. The summed E-state index contributed by atoms with van der Waals surface area (Å²) >= 11 is 0. The number of piperidine rings is 1. The summed E-state index contributed by atoms with van der Waals surface area (Å²) in [6.45, 7) is 7.35. The maximum atomic E-state index is 12.3. The van der Waals surface area contributed by atoms with E-state index in [1.807, 2.05) is 14.0 Å². The van der Waals surface area contributed by atoms with Crippen LogP contribution in [0.3, 0.4) is 0 Å². The molecule has 1 fully saturated rings. The molecule has 2 aromatic heterocycles. The molecule has 0 bridgehead atoms. The number of hydrogen-bond acceptors (Lipinski definition) is 6. The van der Waals surface area contributed by atoms with E-state index in [1.165, 1.54) is 19.3 Å². The van der Waals surface area contributed by atoms with Crippen LogP contribution >= 0.6 is 0 Å². The van der Waals surface area contributed by atoms with Crippen molar-refractivity contribution < 1.29 is 9.53 Å². The van der Waals surface area contributed by atoms with Gasteiger partial charge in [-0.15, -0.1) is 0 Å². The van der Waals surface area contributed by atoms with E-state index >= 15 is 0 Å². The molecule has 1 atom stereocenters. The number of likely N-dealkylation sites (tertiary alicyclic amines) is 1. The Morgan fingerprint density at radius 2 is 2.20 bits per heavy atom. The first kappa shape index (κ1) is 17.7. The third-order valence-electron chi connectivity index (χ3n) is 4.93. The summed E-state index contributed by atoms with van der Waals surface area (Å²) in [6, 6.07) is 0.480. The molecule has 1 saturated heterocycles. The average molecular weight is 345 g/mol. The Morgan fingerprint density at radius 3 is 2.96 bits per heavy atom. The molecule has 0 radical (unpaired) electrons. The van der Waals surface area contributed by atoms with Crippen molar-refractivity contribution in [2.45, 2.75) is 39.2 Å². The molecule has 0 amide bonds. The lowest BCUT2D eigenvalue weighted by Gasteiger charge is -2.35. The van der Waals surface area contributed by atoms with Gasteiger partial charge in [-0.2, -0.15) is 5.10 Å². The van der Waals surface area contributed by atoms with Gasteiger partial charge in [0.1, 0.15) is 5.56 Å². The number of fused-ring (bicyclic) bond motifs is 1. The number of aryl methyl sites for hydroxylation is 1. The molecule has 3 rings (SSSR count). The minimum atomic E-state index is -0.348. The Balaban J connectivity index is 1.89. The van der Waals surface area contributed by atoms with Gasteiger partial charge in [-0.1, -0.05) is 13.3 Å². The van der Waals surface area contributed by atoms with Crippen molar-refractivity contribution in [1.82, 2.24) is 19.7 Å². The normalized spacial score (nSPS) is 18.4. The number of esters is 1. The van der Waals surface area contributed by atoms with E-state index in [4.69, 9.17) is 4.74 Å². The molecule has 0 spiro atoms. The molecule has 0 saturated carbocycles. The van der Waals surface area contributed by atoms with Gasteiger partial charge in [-0.05, 0) is 32.9 Å². The number of nitrogens with one attached hydrogen (secondary N) is 1. The zero-order valence-corrected chi connectivity index (χ0v) is 15.3. The molecule has 1 aliphatic heterocycles. The first-order valence-electron chi connectivity index (χ1n) is 9.11. The van der Waals surface area contributed by atoms with Crippen LogP contribution < -0.4 is 5.32 Å². The molecule has 7 heteroatoms. The highest BCUT2D eigenvalue weighted by Gasteiger charge is 2.23. The largest absolute Gasteiger partial charge is 0.462 e. The third-order valence-corrected chi connectivity index (χ3v) is 4.93. The van der Waals surface area contributed by atoms with Crippen LogP contribution in [0.2, 0.25) is 0 Å². The minimum absolute atomic E-state index is 0.343. The molecule has 1 aliphatic rings. The number of aromatic nitrogens is 3. The molecule has 7 nitrogen and oxygen atoms in total. The second kappa shape index (κ2) is 7.82. The van der Waals surface area contributed by atoms with Crippen molar-refractivity contribution >= 4 is 22.7 Å². The van der Waals surface area contributed by atoms with Gasteiger partial charge >= 0.3 is 5.97 Å². The van der Waals surface area contributed by atoms with Crippen LogP contribution in [0.15, 0.2) is 12.4 Å². The molecule has 0 aliphatic carbocycles. The highest BCUT2D eigenvalue weighted by molar-refractivity contribution is 6.04. The van der Waals surface area contributed by atoms with Crippen molar-refractivity contribution in [2.24, 2.45) is 7.05 Å². The molecule has 3 heterocycles. The Morgan fingerprint density at radius 1 is 1.36 bits per heavy atom. The third kappa shape index (κ3) is 3.61. The first-order chi connectivity index (χ1) is 12.2. The molecule has 2 aromatic rings. The van der Waals surface area contributed by atoms with Crippen LogP contribution in [0.4, 0.5) is 5.69 Å². The number of ether oxygens (including phenoxy) is 1. The number of rotatable bonds is 6. The number of anilines is 1. The van der Waals surface area contributed by atoms with Crippen molar-refractivity contribution in [3.8, 4) is 0 Å². The van der Waals surface area contributed by atoms with Crippen LogP contribution in [0.25, 0.3) is 11.0 Å². The van der Waals surface area contributed by atoms with Gasteiger partial charge < -0.3 is 10.1 Å². The Labute approximate surface area is 148 Å². The summed E-state index contributed by atoms with van der Waals surface area (Å²) in [7, 11) is 1.85. The van der Waals surface area contributed by atoms with Crippen LogP contribution in [0.1, 0.15) is 43.5 Å². The topological polar surface area (TPSA) is 72.3 Å². The van der Waals surface area contributed by atoms with Crippen molar-refractivity contribution in [1.29, 1.82) is 0 Å². The van der Waals surface area contributed by atoms with Gasteiger partial charge in [0.2, 0.25) is 0 Å². The summed E-state index contributed by atoms with van der Waals surface area (Å²) in [5, 5.41) is 8.64. The van der Waals surface area contributed by atoms with Crippen LogP contribution in [-0.2, 0) is 11.8 Å². The number of nitrogens with zero attached hydrogens (tertiary/aromatic N) is 4. The Kier molecular flexibility index (Phi) is 5.53. The summed E-state index contributed by atoms with van der Waals surface area (Å²) in [5.74, 6) is -0.348. The monoisotopic (exact) mass is 345 g/mol. The van der Waals surface area contributed by atoms with Crippen molar-refractivity contribution in [3.05, 3.63) is 18.0 Å². The lowest BCUT2D eigenvalue weighted by Crippen LogP contribution is -2.43. The number of hydrogen-bond donors (Lipinski definition) is 1. The SMILES string of the molecule is CCOC(=O)c1cnc2c(cnn2C)c1NC[C@@H]1CCCCN1CC. The summed E-state index contributed by atoms with van der Waals surface area (Å²) in [6.07, 6.45) is 7.04. The number of carbonyl (C=O) groups excluding carboxylic acids is 1. The Bertz CT molecular complexity index is 742. The van der Waals surface area contributed by atoms with Gasteiger partial charge in [-0.25, -0.2) is 9.78 Å². The van der Waals surface area contributed by atoms with Gasteiger partial charge in [0.25, 0.3) is 0 Å².